The Hall–Kier alpha value is -3.80. The van der Waals surface area contributed by atoms with E-state index in [9.17, 15) is 17.6 Å². The minimum atomic E-state index is -4.43. The first kappa shape index (κ1) is 26.3. The summed E-state index contributed by atoms with van der Waals surface area (Å²) in [6.45, 7) is 6.09. The molecule has 0 atom stereocenters. The summed E-state index contributed by atoms with van der Waals surface area (Å²) in [6, 6.07) is 8.45. The van der Waals surface area contributed by atoms with Crippen LogP contribution in [0.4, 0.5) is 40.7 Å². The van der Waals surface area contributed by atoms with Crippen LogP contribution < -0.4 is 15.6 Å². The van der Waals surface area contributed by atoms with E-state index < -0.39 is 17.6 Å². The van der Waals surface area contributed by atoms with Crippen molar-refractivity contribution in [3.63, 3.8) is 0 Å². The summed E-state index contributed by atoms with van der Waals surface area (Å²) in [5.74, 6) is 0.0362. The molecule has 0 spiro atoms. The summed E-state index contributed by atoms with van der Waals surface area (Å²) >= 11 is 0. The van der Waals surface area contributed by atoms with Crippen LogP contribution in [0, 0.1) is 11.7 Å². The van der Waals surface area contributed by atoms with Crippen LogP contribution in [0.25, 0.3) is 0 Å². The number of ether oxygens (including phenoxy) is 1. The maximum Gasteiger partial charge on any atom is 0.416 e. The molecule has 0 saturated carbocycles. The lowest BCUT2D eigenvalue weighted by Crippen LogP contribution is -2.37. The minimum Gasteiger partial charge on any atom is -0.378 e. The number of anilines is 4. The van der Waals surface area contributed by atoms with Gasteiger partial charge in [-0.3, -0.25) is 0 Å². The van der Waals surface area contributed by atoms with E-state index in [1.54, 1.807) is 23.1 Å². The van der Waals surface area contributed by atoms with Crippen LogP contribution in [-0.4, -0.2) is 47.5 Å². The molecular weight excluding hydrogens is 490 g/mol. The Kier molecular flexibility index (Phi) is 8.17. The smallest absolute Gasteiger partial charge is 0.378 e. The molecule has 1 fully saturated rings. The number of hydrogen-bond acceptors (Lipinski definition) is 8. The Morgan fingerprint density at radius 3 is 2.65 bits per heavy atom. The Morgan fingerprint density at radius 2 is 1.92 bits per heavy atom. The summed E-state index contributed by atoms with van der Waals surface area (Å²) in [6.07, 6.45) is -1.27. The average Bonchev–Trinajstić information content (AvgIpc) is 2.86. The molecule has 0 bridgehead atoms. The number of nitrogens with one attached hydrogen (secondary N) is 2. The molecule has 3 heterocycles. The highest BCUT2D eigenvalue weighted by Gasteiger charge is 2.30. The van der Waals surface area contributed by atoms with Gasteiger partial charge < -0.3 is 15.0 Å². The summed E-state index contributed by atoms with van der Waals surface area (Å²) in [5.41, 5.74) is 4.09. The molecule has 1 aliphatic rings. The van der Waals surface area contributed by atoms with Crippen molar-refractivity contribution in [3.05, 3.63) is 65.4 Å². The highest BCUT2D eigenvalue weighted by Crippen LogP contribution is 2.32. The number of morpholine rings is 1. The first-order valence-electron chi connectivity index (χ1n) is 11.8. The lowest BCUT2D eigenvalue weighted by Gasteiger charge is -2.27. The van der Waals surface area contributed by atoms with Gasteiger partial charge in [-0.1, -0.05) is 19.9 Å². The molecule has 2 N–H and O–H groups in total. The molecule has 2 aromatic heterocycles. The average molecular weight is 518 g/mol. The van der Waals surface area contributed by atoms with Crippen molar-refractivity contribution in [2.24, 2.45) is 11.0 Å². The van der Waals surface area contributed by atoms with E-state index in [2.05, 4.69) is 30.8 Å². The van der Waals surface area contributed by atoms with Crippen LogP contribution in [0.1, 0.15) is 30.8 Å². The Bertz CT molecular complexity index is 1240. The molecule has 12 heteroatoms. The van der Waals surface area contributed by atoms with Crippen LogP contribution in [0.3, 0.4) is 0 Å². The number of nitrogens with zero attached hydrogens (tertiary/aromatic N) is 5. The van der Waals surface area contributed by atoms with E-state index in [1.165, 1.54) is 12.3 Å². The lowest BCUT2D eigenvalue weighted by molar-refractivity contribution is -0.137. The second-order valence-corrected chi connectivity index (χ2v) is 8.87. The van der Waals surface area contributed by atoms with Gasteiger partial charge in [0.1, 0.15) is 0 Å². The van der Waals surface area contributed by atoms with Crippen molar-refractivity contribution in [2.75, 3.05) is 41.9 Å². The highest BCUT2D eigenvalue weighted by molar-refractivity contribution is 5.79. The predicted octanol–water partition coefficient (Wildman–Crippen LogP) is 5.25. The molecule has 8 nitrogen and oxygen atoms in total. The number of benzene rings is 1. The molecule has 3 aromatic rings. The van der Waals surface area contributed by atoms with E-state index >= 15 is 0 Å². The normalized spacial score (nSPS) is 14.4. The molecule has 0 radical (unpaired) electrons. The molecule has 196 valence electrons. The Morgan fingerprint density at radius 1 is 1.14 bits per heavy atom. The van der Waals surface area contributed by atoms with E-state index in [1.807, 2.05) is 13.8 Å². The van der Waals surface area contributed by atoms with Gasteiger partial charge in [-0.2, -0.15) is 23.3 Å². The minimum absolute atomic E-state index is 0.129. The maximum absolute atomic E-state index is 14.2. The zero-order valence-corrected chi connectivity index (χ0v) is 20.4. The lowest BCUT2D eigenvalue weighted by atomic mass is 10.1. The Labute approximate surface area is 211 Å². The van der Waals surface area contributed by atoms with Gasteiger partial charge in [-0.25, -0.2) is 19.8 Å². The molecule has 0 unspecified atom stereocenters. The standard InChI is InChI=1S/C25H27F4N7O/c1-16(2)12-22-21(32-18-5-3-4-17(13-18)25(27,28)29)7-6-19(33-22)14-31-35-24-30-15-20(26)23(34-24)36-8-10-37-11-9-36/h3-7,13-16,32H,8-12H2,1-2H3,(H,30,34,35)/b31-14+. The van der Waals surface area contributed by atoms with E-state index in [0.29, 0.717) is 55.5 Å². The number of pyridine rings is 1. The monoisotopic (exact) mass is 517 g/mol. The van der Waals surface area contributed by atoms with Gasteiger partial charge in [-0.15, -0.1) is 0 Å². The van der Waals surface area contributed by atoms with Gasteiger partial charge in [0.25, 0.3) is 0 Å². The van der Waals surface area contributed by atoms with Crippen molar-refractivity contribution in [1.29, 1.82) is 0 Å². The zero-order valence-electron chi connectivity index (χ0n) is 20.4. The summed E-state index contributed by atoms with van der Waals surface area (Å²) < 4.78 is 58.8. The SMILES string of the molecule is CC(C)Cc1nc(/C=N/Nc2ncc(F)c(N3CCOCC3)n2)ccc1Nc1cccc(C(F)(F)F)c1. The second-order valence-electron chi connectivity index (χ2n) is 8.87. The van der Waals surface area contributed by atoms with Gasteiger partial charge >= 0.3 is 6.18 Å². The topological polar surface area (TPSA) is 87.6 Å². The van der Waals surface area contributed by atoms with Crippen molar-refractivity contribution < 1.29 is 22.3 Å². The predicted molar refractivity (Wildman–Crippen MR) is 134 cm³/mol. The van der Waals surface area contributed by atoms with Crippen molar-refractivity contribution in [1.82, 2.24) is 15.0 Å². The van der Waals surface area contributed by atoms with Crippen LogP contribution >= 0.6 is 0 Å². The van der Waals surface area contributed by atoms with E-state index in [-0.39, 0.29) is 17.7 Å². The van der Waals surface area contributed by atoms with Crippen molar-refractivity contribution in [2.45, 2.75) is 26.4 Å². The number of alkyl halides is 3. The fourth-order valence-electron chi connectivity index (χ4n) is 3.74. The third-order valence-electron chi connectivity index (χ3n) is 5.46. The number of hydrogen-bond donors (Lipinski definition) is 2. The molecule has 4 rings (SSSR count). The van der Waals surface area contributed by atoms with Crippen LogP contribution in [0.5, 0.6) is 0 Å². The summed E-state index contributed by atoms with van der Waals surface area (Å²) in [7, 11) is 0. The van der Waals surface area contributed by atoms with Gasteiger partial charge in [0, 0.05) is 18.8 Å². The summed E-state index contributed by atoms with van der Waals surface area (Å²) in [4.78, 5) is 14.5. The molecular formula is C25H27F4N7O. The largest absolute Gasteiger partial charge is 0.416 e. The Balaban J connectivity index is 1.49. The fraction of sp³-hybridized carbons (Fsp3) is 0.360. The maximum atomic E-state index is 14.2. The van der Waals surface area contributed by atoms with Crippen molar-refractivity contribution in [3.8, 4) is 0 Å². The number of rotatable bonds is 8. The number of hydrazone groups is 1. The molecule has 1 aliphatic heterocycles. The second kappa shape index (κ2) is 11.5. The molecule has 1 aromatic carbocycles. The molecule has 0 amide bonds. The van der Waals surface area contributed by atoms with Crippen LogP contribution in [-0.2, 0) is 17.3 Å². The number of halogens is 4. The molecule has 0 aliphatic carbocycles. The molecule has 37 heavy (non-hydrogen) atoms. The first-order valence-corrected chi connectivity index (χ1v) is 11.8. The summed E-state index contributed by atoms with van der Waals surface area (Å²) in [5, 5.41) is 7.18. The zero-order chi connectivity index (χ0) is 26.4. The highest BCUT2D eigenvalue weighted by atomic mass is 19.4. The third-order valence-corrected chi connectivity index (χ3v) is 5.46. The van der Waals surface area contributed by atoms with Gasteiger partial charge in [0.2, 0.25) is 5.95 Å². The third kappa shape index (κ3) is 7.13. The van der Waals surface area contributed by atoms with Crippen molar-refractivity contribution >= 4 is 29.4 Å². The molecule has 1 saturated heterocycles. The van der Waals surface area contributed by atoms with Crippen LogP contribution in [0.2, 0.25) is 0 Å². The van der Waals surface area contributed by atoms with Gasteiger partial charge in [-0.05, 0) is 42.7 Å². The van der Waals surface area contributed by atoms with Gasteiger partial charge in [0.05, 0.1) is 48.3 Å². The van der Waals surface area contributed by atoms with Gasteiger partial charge in [0.15, 0.2) is 11.6 Å². The first-order chi connectivity index (χ1) is 17.7. The van der Waals surface area contributed by atoms with E-state index in [0.717, 1.165) is 18.3 Å². The quantitative estimate of drug-likeness (QED) is 0.240. The number of aromatic nitrogens is 3. The van der Waals surface area contributed by atoms with Crippen LogP contribution in [0.15, 0.2) is 47.7 Å². The fourth-order valence-corrected chi connectivity index (χ4v) is 3.74. The van der Waals surface area contributed by atoms with E-state index in [4.69, 9.17) is 4.74 Å².